The Hall–Kier alpha value is -1.77. The van der Waals surface area contributed by atoms with Crippen LogP contribution in [-0.2, 0) is 11.3 Å². The predicted octanol–water partition coefficient (Wildman–Crippen LogP) is 4.18. The molecule has 1 aromatic carbocycles. The van der Waals surface area contributed by atoms with Crippen LogP contribution in [0.3, 0.4) is 0 Å². The minimum Gasteiger partial charge on any atom is -0.467 e. The van der Waals surface area contributed by atoms with E-state index in [4.69, 9.17) is 4.42 Å². The average molecular weight is 378 g/mol. The van der Waals surface area contributed by atoms with E-state index >= 15 is 0 Å². The van der Waals surface area contributed by atoms with Crippen molar-refractivity contribution in [2.45, 2.75) is 15.2 Å². The molecule has 2 aromatic heterocycles. The normalized spacial score (nSPS) is 10.7. The van der Waals surface area contributed by atoms with Gasteiger partial charge in [-0.05, 0) is 30.5 Å². The topological polar surface area (TPSA) is 59.2 Å². The first-order valence-electron chi connectivity index (χ1n) is 7.14. The molecule has 1 amide bonds. The lowest BCUT2D eigenvalue weighted by Gasteiger charge is -2.21. The second kappa shape index (κ2) is 8.36. The lowest BCUT2D eigenvalue weighted by Crippen LogP contribution is -2.31. The van der Waals surface area contributed by atoms with E-state index in [1.807, 2.05) is 48.7 Å². The van der Waals surface area contributed by atoms with Crippen molar-refractivity contribution in [2.75, 3.05) is 16.9 Å². The van der Waals surface area contributed by atoms with Crippen LogP contribution >= 0.6 is 34.9 Å². The largest absolute Gasteiger partial charge is 0.467 e. The van der Waals surface area contributed by atoms with Crippen molar-refractivity contribution >= 4 is 46.5 Å². The molecule has 8 heteroatoms. The molecule has 0 bridgehead atoms. The fourth-order valence-corrected chi connectivity index (χ4v) is 4.34. The number of rotatable bonds is 7. The van der Waals surface area contributed by atoms with Gasteiger partial charge in [-0.15, -0.1) is 10.2 Å². The van der Waals surface area contributed by atoms with E-state index in [2.05, 4.69) is 10.2 Å². The highest BCUT2D eigenvalue weighted by molar-refractivity contribution is 8.03. The fourth-order valence-electron chi connectivity index (χ4n) is 2.03. The molecule has 24 heavy (non-hydrogen) atoms. The summed E-state index contributed by atoms with van der Waals surface area (Å²) in [5, 5.41) is 8.14. The van der Waals surface area contributed by atoms with Gasteiger partial charge in [0.1, 0.15) is 5.76 Å². The Balaban J connectivity index is 1.70. The molecule has 0 saturated heterocycles. The quantitative estimate of drug-likeness (QED) is 0.576. The van der Waals surface area contributed by atoms with Crippen LogP contribution in [0.1, 0.15) is 5.76 Å². The van der Waals surface area contributed by atoms with E-state index in [9.17, 15) is 4.79 Å². The molecular formula is C16H15N3O2S3. The highest BCUT2D eigenvalue weighted by Crippen LogP contribution is 2.28. The Morgan fingerprint density at radius 3 is 2.62 bits per heavy atom. The van der Waals surface area contributed by atoms with Crippen molar-refractivity contribution in [3.8, 4) is 0 Å². The molecule has 0 spiro atoms. The molecule has 0 unspecified atom stereocenters. The number of furan rings is 1. The van der Waals surface area contributed by atoms with E-state index in [1.165, 1.54) is 23.1 Å². The van der Waals surface area contributed by atoms with Gasteiger partial charge >= 0.3 is 0 Å². The van der Waals surface area contributed by atoms with Crippen LogP contribution in [0.5, 0.6) is 0 Å². The van der Waals surface area contributed by atoms with Crippen molar-refractivity contribution in [3.05, 3.63) is 54.5 Å². The van der Waals surface area contributed by atoms with Crippen molar-refractivity contribution in [1.82, 2.24) is 10.2 Å². The smallest absolute Gasteiger partial charge is 0.237 e. The van der Waals surface area contributed by atoms with Crippen LogP contribution in [0, 0.1) is 0 Å². The SMILES string of the molecule is CSc1nnc(SCC(=O)N(Cc2ccco2)c2ccccc2)s1. The first kappa shape index (κ1) is 17.1. The molecule has 2 heterocycles. The standard InChI is InChI=1S/C16H15N3O2S3/c1-22-15-17-18-16(24-15)23-11-14(20)19(10-13-8-5-9-21-13)12-6-3-2-4-7-12/h2-9H,10-11H2,1H3. The van der Waals surface area contributed by atoms with Crippen LogP contribution in [0.4, 0.5) is 5.69 Å². The summed E-state index contributed by atoms with van der Waals surface area (Å²) in [7, 11) is 0. The molecule has 0 fully saturated rings. The van der Waals surface area contributed by atoms with Crippen LogP contribution in [-0.4, -0.2) is 28.1 Å². The van der Waals surface area contributed by atoms with E-state index in [1.54, 1.807) is 22.9 Å². The van der Waals surface area contributed by atoms with Crippen LogP contribution in [0.2, 0.25) is 0 Å². The van der Waals surface area contributed by atoms with Gasteiger partial charge in [-0.25, -0.2) is 0 Å². The Labute approximate surface area is 152 Å². The number of amides is 1. The third kappa shape index (κ3) is 4.40. The van der Waals surface area contributed by atoms with Gasteiger partial charge in [0.15, 0.2) is 8.68 Å². The summed E-state index contributed by atoms with van der Waals surface area (Å²) in [6, 6.07) is 13.3. The van der Waals surface area contributed by atoms with Crippen molar-refractivity contribution in [1.29, 1.82) is 0 Å². The van der Waals surface area contributed by atoms with Gasteiger partial charge in [-0.1, -0.05) is 53.1 Å². The highest BCUT2D eigenvalue weighted by atomic mass is 32.2. The maximum atomic E-state index is 12.7. The molecule has 3 rings (SSSR count). The molecule has 0 aliphatic carbocycles. The van der Waals surface area contributed by atoms with Gasteiger partial charge in [-0.3, -0.25) is 4.79 Å². The second-order valence-electron chi connectivity index (χ2n) is 4.72. The van der Waals surface area contributed by atoms with Crippen molar-refractivity contribution in [2.24, 2.45) is 0 Å². The summed E-state index contributed by atoms with van der Waals surface area (Å²) in [5.41, 5.74) is 0.849. The summed E-state index contributed by atoms with van der Waals surface area (Å²) in [6.45, 7) is 0.405. The van der Waals surface area contributed by atoms with Gasteiger partial charge in [-0.2, -0.15) is 0 Å². The maximum Gasteiger partial charge on any atom is 0.237 e. The molecule has 0 atom stereocenters. The molecule has 124 valence electrons. The number of thioether (sulfide) groups is 2. The van der Waals surface area contributed by atoms with E-state index in [0.29, 0.717) is 12.3 Å². The van der Waals surface area contributed by atoms with Crippen LogP contribution in [0.25, 0.3) is 0 Å². The zero-order valence-electron chi connectivity index (χ0n) is 12.9. The fraction of sp³-hybridized carbons (Fsp3) is 0.188. The van der Waals surface area contributed by atoms with Gasteiger partial charge in [0.2, 0.25) is 5.91 Å². The van der Waals surface area contributed by atoms with E-state index < -0.39 is 0 Å². The Morgan fingerprint density at radius 1 is 1.17 bits per heavy atom. The molecule has 0 N–H and O–H groups in total. The molecule has 3 aromatic rings. The molecule has 5 nitrogen and oxygen atoms in total. The van der Waals surface area contributed by atoms with Crippen molar-refractivity contribution in [3.63, 3.8) is 0 Å². The van der Waals surface area contributed by atoms with E-state index in [-0.39, 0.29) is 5.91 Å². The monoisotopic (exact) mass is 377 g/mol. The summed E-state index contributed by atoms with van der Waals surface area (Å²) in [5.74, 6) is 1.06. The molecule has 0 radical (unpaired) electrons. The van der Waals surface area contributed by atoms with Gasteiger partial charge in [0, 0.05) is 5.69 Å². The first-order valence-corrected chi connectivity index (χ1v) is 10.2. The summed E-state index contributed by atoms with van der Waals surface area (Å²) < 4.78 is 7.10. The average Bonchev–Trinajstić information content (AvgIpc) is 3.30. The number of hydrogen-bond donors (Lipinski definition) is 0. The molecule has 0 aliphatic heterocycles. The molecule has 0 saturated carbocycles. The Bertz CT molecular complexity index is 775. The summed E-state index contributed by atoms with van der Waals surface area (Å²) in [4.78, 5) is 14.5. The lowest BCUT2D eigenvalue weighted by molar-refractivity contribution is -0.116. The Morgan fingerprint density at radius 2 is 1.96 bits per heavy atom. The maximum absolute atomic E-state index is 12.7. The number of hydrogen-bond acceptors (Lipinski definition) is 7. The van der Waals surface area contributed by atoms with Gasteiger partial charge in [0.05, 0.1) is 18.6 Å². The van der Waals surface area contributed by atoms with E-state index in [0.717, 1.165) is 20.1 Å². The van der Waals surface area contributed by atoms with Gasteiger partial charge in [0.25, 0.3) is 0 Å². The number of carbonyl (C=O) groups is 1. The number of aromatic nitrogens is 2. The molecule has 0 aliphatic rings. The number of anilines is 1. The lowest BCUT2D eigenvalue weighted by atomic mass is 10.2. The predicted molar refractivity (Wildman–Crippen MR) is 98.8 cm³/mol. The highest BCUT2D eigenvalue weighted by Gasteiger charge is 2.18. The number of benzene rings is 1. The molecular weight excluding hydrogens is 362 g/mol. The Kier molecular flexibility index (Phi) is 5.95. The first-order chi connectivity index (χ1) is 11.8. The number of nitrogens with zero attached hydrogens (tertiary/aromatic N) is 3. The van der Waals surface area contributed by atoms with Crippen molar-refractivity contribution < 1.29 is 9.21 Å². The van der Waals surface area contributed by atoms with Gasteiger partial charge < -0.3 is 9.32 Å². The van der Waals surface area contributed by atoms with Crippen LogP contribution in [0.15, 0.2) is 61.8 Å². The minimum atomic E-state index is 0.00324. The van der Waals surface area contributed by atoms with Crippen LogP contribution < -0.4 is 4.90 Å². The zero-order valence-corrected chi connectivity index (χ0v) is 15.4. The third-order valence-corrected chi connectivity index (χ3v) is 6.16. The number of carbonyl (C=O) groups excluding carboxylic acids is 1. The number of para-hydroxylation sites is 1. The minimum absolute atomic E-state index is 0.00324. The third-order valence-electron chi connectivity index (χ3n) is 3.14. The second-order valence-corrected chi connectivity index (χ2v) is 7.97. The summed E-state index contributed by atoms with van der Waals surface area (Å²) >= 11 is 4.47. The zero-order chi connectivity index (χ0) is 16.8. The summed E-state index contributed by atoms with van der Waals surface area (Å²) in [6.07, 6.45) is 3.57.